The lowest BCUT2D eigenvalue weighted by Gasteiger charge is -2.13. The maximum absolute atomic E-state index is 12.5. The van der Waals surface area contributed by atoms with Crippen molar-refractivity contribution in [3.63, 3.8) is 0 Å². The van der Waals surface area contributed by atoms with Gasteiger partial charge in [-0.3, -0.25) is 14.3 Å². The van der Waals surface area contributed by atoms with Crippen LogP contribution >= 0.6 is 0 Å². The van der Waals surface area contributed by atoms with Gasteiger partial charge in [0, 0.05) is 18.2 Å². The number of carboxylic acids is 1. The molecule has 1 aliphatic rings. The first-order valence-corrected chi connectivity index (χ1v) is 7.64. The van der Waals surface area contributed by atoms with Gasteiger partial charge in [-0.05, 0) is 24.0 Å². The third kappa shape index (κ3) is 4.32. The van der Waals surface area contributed by atoms with Gasteiger partial charge >= 0.3 is 12.3 Å². The maximum atomic E-state index is 12.5. The highest BCUT2D eigenvalue weighted by atomic mass is 19.4. The summed E-state index contributed by atoms with van der Waals surface area (Å²) in [4.78, 5) is 22.9. The van der Waals surface area contributed by atoms with E-state index in [1.165, 1.54) is 30.5 Å². The van der Waals surface area contributed by atoms with Crippen LogP contribution in [0.4, 0.5) is 19.0 Å². The number of aromatic nitrogens is 2. The predicted octanol–water partition coefficient (Wildman–Crippen LogP) is 2.61. The highest BCUT2D eigenvalue weighted by molar-refractivity contribution is 5.94. The van der Waals surface area contributed by atoms with Crippen LogP contribution in [0.15, 0.2) is 36.5 Å². The number of carbonyl (C=O) groups is 2. The molecule has 1 fully saturated rings. The molecule has 1 saturated carbocycles. The molecule has 1 aromatic heterocycles. The second-order valence-electron chi connectivity index (χ2n) is 5.82. The fraction of sp³-hybridized carbons (Fsp3) is 0.312. The molecule has 1 heterocycles. The first-order chi connectivity index (χ1) is 12.2. The van der Waals surface area contributed by atoms with Gasteiger partial charge in [0.1, 0.15) is 12.3 Å². The zero-order valence-corrected chi connectivity index (χ0v) is 13.2. The molecule has 0 spiro atoms. The molecule has 2 aromatic rings. The van der Waals surface area contributed by atoms with Crippen LogP contribution < -0.4 is 10.1 Å². The summed E-state index contributed by atoms with van der Waals surface area (Å²) in [5.41, 5.74) is 0.321. The lowest BCUT2D eigenvalue weighted by atomic mass is 10.1. The summed E-state index contributed by atoms with van der Waals surface area (Å²) in [6, 6.07) is 7.17. The summed E-state index contributed by atoms with van der Waals surface area (Å²) < 4.78 is 42.6. The highest BCUT2D eigenvalue weighted by Crippen LogP contribution is 2.51. The largest absolute Gasteiger partial charge is 0.573 e. The van der Waals surface area contributed by atoms with Crippen LogP contribution in [0.2, 0.25) is 0 Å². The minimum absolute atomic E-state index is 0.182. The van der Waals surface area contributed by atoms with Gasteiger partial charge in [-0.25, -0.2) is 0 Å². The lowest BCUT2D eigenvalue weighted by Crippen LogP contribution is -2.18. The van der Waals surface area contributed by atoms with E-state index in [1.54, 1.807) is 6.07 Å². The Bertz CT molecular complexity index is 834. The van der Waals surface area contributed by atoms with Crippen molar-refractivity contribution >= 4 is 17.7 Å². The van der Waals surface area contributed by atoms with Gasteiger partial charge in [0.25, 0.3) is 0 Å². The van der Waals surface area contributed by atoms with Crippen molar-refractivity contribution < 1.29 is 32.6 Å². The molecule has 26 heavy (non-hydrogen) atoms. The number of nitrogens with one attached hydrogen (secondary N) is 1. The Morgan fingerprint density at radius 3 is 2.73 bits per heavy atom. The number of carbonyl (C=O) groups excluding carboxylic acids is 1. The zero-order valence-electron chi connectivity index (χ0n) is 13.2. The Hall–Kier alpha value is -3.04. The normalized spacial score (nSPS) is 19.0. The van der Waals surface area contributed by atoms with E-state index in [2.05, 4.69) is 15.2 Å². The molecule has 1 aliphatic carbocycles. The first kappa shape index (κ1) is 17.8. The number of hydrogen-bond acceptors (Lipinski definition) is 4. The van der Waals surface area contributed by atoms with Crippen molar-refractivity contribution in [2.24, 2.45) is 5.92 Å². The molecular weight excluding hydrogens is 355 g/mol. The van der Waals surface area contributed by atoms with Gasteiger partial charge in [-0.2, -0.15) is 5.10 Å². The van der Waals surface area contributed by atoms with Gasteiger partial charge in [0.15, 0.2) is 5.82 Å². The van der Waals surface area contributed by atoms with E-state index < -0.39 is 24.2 Å². The summed E-state index contributed by atoms with van der Waals surface area (Å²) in [7, 11) is 0. The Balaban J connectivity index is 1.64. The molecule has 138 valence electrons. The molecule has 1 amide bonds. The first-order valence-electron chi connectivity index (χ1n) is 7.64. The highest BCUT2D eigenvalue weighted by Gasteiger charge is 2.46. The molecule has 1 aromatic carbocycles. The van der Waals surface area contributed by atoms with Crippen LogP contribution in [0.1, 0.15) is 17.9 Å². The van der Waals surface area contributed by atoms with E-state index in [0.717, 1.165) is 4.68 Å². The number of nitrogens with zero attached hydrogens (tertiary/aromatic N) is 2. The topological polar surface area (TPSA) is 93.5 Å². The van der Waals surface area contributed by atoms with Crippen molar-refractivity contribution in [3.8, 4) is 5.75 Å². The average Bonchev–Trinajstić information content (AvgIpc) is 3.21. The Morgan fingerprint density at radius 2 is 2.04 bits per heavy atom. The van der Waals surface area contributed by atoms with E-state index in [0.29, 0.717) is 12.0 Å². The second kappa shape index (κ2) is 6.70. The molecule has 10 heteroatoms. The van der Waals surface area contributed by atoms with Crippen LogP contribution in [0, 0.1) is 5.92 Å². The van der Waals surface area contributed by atoms with Gasteiger partial charge < -0.3 is 15.2 Å². The van der Waals surface area contributed by atoms with Crippen LogP contribution in [0.3, 0.4) is 0 Å². The van der Waals surface area contributed by atoms with Gasteiger partial charge in [-0.15, -0.1) is 13.2 Å². The van der Waals surface area contributed by atoms with Gasteiger partial charge in [0.2, 0.25) is 5.91 Å². The number of carboxylic acid groups (broad SMARTS) is 1. The van der Waals surface area contributed by atoms with Crippen molar-refractivity contribution in [1.29, 1.82) is 0 Å². The number of halogens is 3. The number of benzene rings is 1. The molecule has 0 aliphatic heterocycles. The zero-order chi connectivity index (χ0) is 18.9. The second-order valence-corrected chi connectivity index (χ2v) is 5.82. The summed E-state index contributed by atoms with van der Waals surface area (Å²) in [5.74, 6) is -2.48. The number of aliphatic carboxylic acids is 1. The molecule has 0 radical (unpaired) electrons. The van der Waals surface area contributed by atoms with Crippen LogP contribution in [0.5, 0.6) is 5.75 Å². The number of anilines is 1. The third-order valence-corrected chi connectivity index (χ3v) is 3.86. The fourth-order valence-electron chi connectivity index (χ4n) is 2.71. The number of rotatable bonds is 6. The molecule has 0 saturated heterocycles. The van der Waals surface area contributed by atoms with E-state index in [-0.39, 0.29) is 24.0 Å². The molecular formula is C16H14F3N3O4. The number of amides is 1. The molecule has 2 N–H and O–H groups in total. The SMILES string of the molecule is O=C(O)Cn1ccc(NC(=O)[C@@H]2C[C@H]2c2ccccc2OC(F)(F)F)n1. The van der Waals surface area contributed by atoms with Crippen molar-refractivity contribution in [2.75, 3.05) is 5.32 Å². The molecule has 0 bridgehead atoms. The van der Waals surface area contributed by atoms with Crippen LogP contribution in [-0.2, 0) is 16.1 Å². The molecule has 2 atom stereocenters. The van der Waals surface area contributed by atoms with Crippen molar-refractivity contribution in [1.82, 2.24) is 9.78 Å². The quantitative estimate of drug-likeness (QED) is 0.816. The Labute approximate surface area is 145 Å². The third-order valence-electron chi connectivity index (χ3n) is 3.86. The van der Waals surface area contributed by atoms with Gasteiger partial charge in [-0.1, -0.05) is 18.2 Å². The lowest BCUT2D eigenvalue weighted by molar-refractivity contribution is -0.274. The molecule has 3 rings (SSSR count). The summed E-state index contributed by atoms with van der Waals surface area (Å²) in [6.45, 7) is -0.343. The number of alkyl halides is 3. The maximum Gasteiger partial charge on any atom is 0.573 e. The predicted molar refractivity (Wildman–Crippen MR) is 82.5 cm³/mol. The molecule has 7 nitrogen and oxygen atoms in total. The minimum Gasteiger partial charge on any atom is -0.480 e. The number of hydrogen-bond donors (Lipinski definition) is 2. The monoisotopic (exact) mass is 369 g/mol. The average molecular weight is 369 g/mol. The number of para-hydroxylation sites is 1. The van der Waals surface area contributed by atoms with Crippen LogP contribution in [-0.4, -0.2) is 33.1 Å². The summed E-state index contributed by atoms with van der Waals surface area (Å²) in [6.07, 6.45) is -3.01. The van der Waals surface area contributed by atoms with E-state index >= 15 is 0 Å². The fourth-order valence-corrected chi connectivity index (χ4v) is 2.71. The summed E-state index contributed by atoms with van der Waals surface area (Å²) >= 11 is 0. The smallest absolute Gasteiger partial charge is 0.480 e. The van der Waals surface area contributed by atoms with Crippen molar-refractivity contribution in [2.45, 2.75) is 25.2 Å². The molecule has 0 unspecified atom stereocenters. The Kier molecular flexibility index (Phi) is 4.58. The van der Waals surface area contributed by atoms with Crippen LogP contribution in [0.25, 0.3) is 0 Å². The number of ether oxygens (including phenoxy) is 1. The summed E-state index contributed by atoms with van der Waals surface area (Å²) in [5, 5.41) is 15.1. The minimum atomic E-state index is -4.81. The van der Waals surface area contributed by atoms with E-state index in [1.807, 2.05) is 0 Å². The standard InChI is InChI=1S/C16H14F3N3O4/c17-16(18,19)26-12-4-2-1-3-9(12)10-7-11(10)15(25)20-13-5-6-22(21-13)8-14(23)24/h1-6,10-11H,7-8H2,(H,23,24)(H,20,21,25)/t10-,11+/m0/s1. The van der Waals surface area contributed by atoms with E-state index in [4.69, 9.17) is 5.11 Å². The Morgan fingerprint density at radius 1 is 1.31 bits per heavy atom. The van der Waals surface area contributed by atoms with Crippen molar-refractivity contribution in [3.05, 3.63) is 42.1 Å². The van der Waals surface area contributed by atoms with Gasteiger partial charge in [0.05, 0.1) is 0 Å². The van der Waals surface area contributed by atoms with E-state index in [9.17, 15) is 22.8 Å².